The van der Waals surface area contributed by atoms with Crippen molar-refractivity contribution in [3.05, 3.63) is 119 Å². The number of Topliss-reactive ketones (excluding diaryl/α,β-unsaturated/α-hetero) is 1. The molecule has 3 aromatic carbocycles. The van der Waals surface area contributed by atoms with Gasteiger partial charge in [0.25, 0.3) is 0 Å². The van der Waals surface area contributed by atoms with E-state index in [4.69, 9.17) is 23.2 Å². The van der Waals surface area contributed by atoms with Gasteiger partial charge in [-0.3, -0.25) is 4.79 Å². The summed E-state index contributed by atoms with van der Waals surface area (Å²) in [5.74, 6) is -1.87. The predicted octanol–water partition coefficient (Wildman–Crippen LogP) is 6.92. The first-order valence-corrected chi connectivity index (χ1v) is 15.1. The summed E-state index contributed by atoms with van der Waals surface area (Å²) in [7, 11) is 0. The molecule has 0 radical (unpaired) electrons. The van der Waals surface area contributed by atoms with Crippen LogP contribution in [-0.4, -0.2) is 31.5 Å². The van der Waals surface area contributed by atoms with Crippen LogP contribution in [0.25, 0.3) is 0 Å². The number of ketones is 1. The SMILES string of the molecule is CC[C@H](C)[C@H](C(=O)Cc1cncn1Cc1ccc(C#N)cc1)C(N)N(Cc1ccccc1C(F)(F)F)C(=S)Nc1cccc(F)c1. The van der Waals surface area contributed by atoms with Crippen LogP contribution in [0.15, 0.2) is 85.3 Å². The second kappa shape index (κ2) is 15.1. The number of aromatic nitrogens is 2. The standard InChI is InChI=1S/C34H34F4N6OS/c1-3-22(2)31(30(45)16-28-18-41-21-43(28)19-24-13-11-23(17-39)12-14-24)32(40)44(33(46)42-27-9-6-8-26(35)15-27)20-25-7-4-5-10-29(25)34(36,37)38/h4-15,18,21-22,31-32H,3,16,19-20,40H2,1-2H3,(H,42,46)/t22-,31+,32?/m0/s1. The number of hydrogen-bond donors (Lipinski definition) is 2. The molecule has 0 saturated heterocycles. The Bertz CT molecular complexity index is 1700. The number of alkyl halides is 3. The van der Waals surface area contributed by atoms with Crippen LogP contribution in [0, 0.1) is 29.0 Å². The van der Waals surface area contributed by atoms with E-state index >= 15 is 0 Å². The molecule has 4 rings (SSSR count). The summed E-state index contributed by atoms with van der Waals surface area (Å²) in [6, 6.07) is 19.7. The molecule has 7 nitrogen and oxygen atoms in total. The van der Waals surface area contributed by atoms with Gasteiger partial charge in [-0.15, -0.1) is 0 Å². The maximum atomic E-state index is 14.1. The Kier molecular flexibility index (Phi) is 11.3. The third-order valence-electron chi connectivity index (χ3n) is 7.95. The van der Waals surface area contributed by atoms with Crippen LogP contribution in [0.5, 0.6) is 0 Å². The van der Waals surface area contributed by atoms with Crippen molar-refractivity contribution >= 4 is 28.8 Å². The Labute approximate surface area is 270 Å². The zero-order chi connectivity index (χ0) is 33.4. The van der Waals surface area contributed by atoms with Crippen LogP contribution in [0.2, 0.25) is 0 Å². The largest absolute Gasteiger partial charge is 0.416 e. The van der Waals surface area contributed by atoms with E-state index in [0.29, 0.717) is 24.2 Å². The molecule has 0 bridgehead atoms. The molecule has 0 aliphatic heterocycles. The number of anilines is 1. The molecule has 46 heavy (non-hydrogen) atoms. The van der Waals surface area contributed by atoms with E-state index in [0.717, 1.165) is 11.6 Å². The fourth-order valence-corrected chi connectivity index (χ4v) is 5.60. The summed E-state index contributed by atoms with van der Waals surface area (Å²) >= 11 is 5.65. The second-order valence-corrected chi connectivity index (χ2v) is 11.5. The van der Waals surface area contributed by atoms with Crippen molar-refractivity contribution in [1.82, 2.24) is 14.5 Å². The van der Waals surface area contributed by atoms with Crippen LogP contribution in [0.4, 0.5) is 23.2 Å². The molecule has 0 spiro atoms. The van der Waals surface area contributed by atoms with E-state index in [1.54, 1.807) is 30.7 Å². The van der Waals surface area contributed by atoms with Gasteiger partial charge in [0.1, 0.15) is 11.6 Å². The second-order valence-electron chi connectivity index (χ2n) is 11.1. The molecule has 0 fully saturated rings. The Morgan fingerprint density at radius 3 is 2.50 bits per heavy atom. The highest BCUT2D eigenvalue weighted by atomic mass is 32.1. The van der Waals surface area contributed by atoms with Crippen LogP contribution in [-0.2, 0) is 30.5 Å². The number of nitrogens with one attached hydrogen (secondary N) is 1. The van der Waals surface area contributed by atoms with Gasteiger partial charge in [0.05, 0.1) is 35.6 Å². The van der Waals surface area contributed by atoms with Gasteiger partial charge in [-0.05, 0) is 65.7 Å². The van der Waals surface area contributed by atoms with E-state index < -0.39 is 29.6 Å². The molecular weight excluding hydrogens is 616 g/mol. The minimum Gasteiger partial charge on any atom is -0.332 e. The van der Waals surface area contributed by atoms with Gasteiger partial charge in [-0.25, -0.2) is 9.37 Å². The Hall–Kier alpha value is -4.60. The maximum absolute atomic E-state index is 14.1. The van der Waals surface area contributed by atoms with Crippen LogP contribution in [0.3, 0.4) is 0 Å². The summed E-state index contributed by atoms with van der Waals surface area (Å²) < 4.78 is 57.8. The summed E-state index contributed by atoms with van der Waals surface area (Å²) in [6.45, 7) is 3.83. The van der Waals surface area contributed by atoms with E-state index in [1.165, 1.54) is 41.3 Å². The van der Waals surface area contributed by atoms with Crippen LogP contribution >= 0.6 is 12.2 Å². The average molecular weight is 651 g/mol. The highest BCUT2D eigenvalue weighted by Crippen LogP contribution is 2.33. The highest BCUT2D eigenvalue weighted by molar-refractivity contribution is 7.80. The first-order valence-electron chi connectivity index (χ1n) is 14.7. The molecule has 1 heterocycles. The number of thiocarbonyl (C=S) groups is 1. The van der Waals surface area contributed by atoms with Crippen LogP contribution in [0.1, 0.15) is 48.2 Å². The first kappa shape index (κ1) is 34.3. The lowest BCUT2D eigenvalue weighted by molar-refractivity contribution is -0.138. The zero-order valence-corrected chi connectivity index (χ0v) is 26.2. The Morgan fingerprint density at radius 2 is 1.85 bits per heavy atom. The lowest BCUT2D eigenvalue weighted by Gasteiger charge is -2.38. The van der Waals surface area contributed by atoms with Crippen molar-refractivity contribution in [3.8, 4) is 6.07 Å². The van der Waals surface area contributed by atoms with E-state index in [1.807, 2.05) is 30.5 Å². The topological polar surface area (TPSA) is 100.0 Å². The minimum absolute atomic E-state index is 0.0317. The van der Waals surface area contributed by atoms with E-state index in [9.17, 15) is 22.4 Å². The Balaban J connectivity index is 1.65. The predicted molar refractivity (Wildman–Crippen MR) is 172 cm³/mol. The fourth-order valence-electron chi connectivity index (χ4n) is 5.30. The number of nitrogens with zero attached hydrogens (tertiary/aromatic N) is 4. The number of carbonyl (C=O) groups excluding carboxylic acids is 1. The van der Waals surface area contributed by atoms with Crippen molar-refractivity contribution in [2.45, 2.75) is 52.1 Å². The number of hydrogen-bond acceptors (Lipinski definition) is 5. The smallest absolute Gasteiger partial charge is 0.332 e. The lowest BCUT2D eigenvalue weighted by Crippen LogP contribution is -2.55. The third kappa shape index (κ3) is 8.56. The monoisotopic (exact) mass is 650 g/mol. The van der Waals surface area contributed by atoms with Gasteiger partial charge < -0.3 is 20.5 Å². The number of carbonyl (C=O) groups is 1. The molecule has 0 saturated carbocycles. The summed E-state index contributed by atoms with van der Waals surface area (Å²) in [4.78, 5) is 19.7. The number of imidazole rings is 1. The van der Waals surface area contributed by atoms with Gasteiger partial charge in [-0.2, -0.15) is 18.4 Å². The molecule has 3 N–H and O–H groups in total. The van der Waals surface area contributed by atoms with Gasteiger partial charge in [0.15, 0.2) is 5.11 Å². The quantitative estimate of drug-likeness (QED) is 0.0976. The molecule has 0 amide bonds. The molecule has 4 aromatic rings. The molecule has 12 heteroatoms. The average Bonchev–Trinajstić information content (AvgIpc) is 3.45. The lowest BCUT2D eigenvalue weighted by atomic mass is 9.83. The van der Waals surface area contributed by atoms with Gasteiger partial charge in [-0.1, -0.05) is 56.7 Å². The fraction of sp³-hybridized carbons (Fsp3) is 0.294. The van der Waals surface area contributed by atoms with E-state index in [-0.39, 0.29) is 41.0 Å². The molecule has 1 unspecified atom stereocenters. The van der Waals surface area contributed by atoms with Gasteiger partial charge in [0, 0.05) is 37.1 Å². The minimum atomic E-state index is -4.64. The first-order chi connectivity index (χ1) is 21.9. The van der Waals surface area contributed by atoms with Crippen molar-refractivity contribution in [1.29, 1.82) is 5.26 Å². The maximum Gasteiger partial charge on any atom is 0.416 e. The highest BCUT2D eigenvalue weighted by Gasteiger charge is 2.38. The molecule has 0 aliphatic rings. The summed E-state index contributed by atoms with van der Waals surface area (Å²) in [6.07, 6.45) is -2.04. The number of nitriles is 1. The zero-order valence-electron chi connectivity index (χ0n) is 25.3. The van der Waals surface area contributed by atoms with Crippen molar-refractivity contribution in [2.75, 3.05) is 5.32 Å². The van der Waals surface area contributed by atoms with Crippen LogP contribution < -0.4 is 11.1 Å². The molecule has 3 atom stereocenters. The number of benzene rings is 3. The molecular formula is C34H34F4N6OS. The number of nitrogens with two attached hydrogens (primary N) is 1. The normalized spacial score (nSPS) is 13.3. The van der Waals surface area contributed by atoms with Gasteiger partial charge >= 0.3 is 6.18 Å². The number of rotatable bonds is 12. The van der Waals surface area contributed by atoms with Crippen molar-refractivity contribution in [3.63, 3.8) is 0 Å². The molecule has 0 aliphatic carbocycles. The Morgan fingerprint density at radius 1 is 1.13 bits per heavy atom. The van der Waals surface area contributed by atoms with Crippen molar-refractivity contribution in [2.24, 2.45) is 17.6 Å². The molecule has 240 valence electrons. The third-order valence-corrected chi connectivity index (χ3v) is 8.28. The van der Waals surface area contributed by atoms with Crippen molar-refractivity contribution < 1.29 is 22.4 Å². The summed E-state index contributed by atoms with van der Waals surface area (Å²) in [5, 5.41) is 11.9. The summed E-state index contributed by atoms with van der Waals surface area (Å²) in [5.41, 5.74) is 8.24. The van der Waals surface area contributed by atoms with Gasteiger partial charge in [0.2, 0.25) is 0 Å². The molecule has 1 aromatic heterocycles. The number of halogens is 4. The van der Waals surface area contributed by atoms with E-state index in [2.05, 4.69) is 16.4 Å².